The third-order valence-electron chi connectivity index (χ3n) is 3.28. The van der Waals surface area contributed by atoms with E-state index in [1.54, 1.807) is 18.2 Å². The zero-order chi connectivity index (χ0) is 19.8. The molecule has 2 aromatic rings. The van der Waals surface area contributed by atoms with Crippen LogP contribution in [0, 0.1) is 10.1 Å². The Kier molecular flexibility index (Phi) is 6.42. The summed E-state index contributed by atoms with van der Waals surface area (Å²) in [4.78, 5) is 32.8. The molecule has 0 fully saturated rings. The van der Waals surface area contributed by atoms with Gasteiger partial charge in [0.25, 0.3) is 17.5 Å². The number of nitro benzene ring substituents is 1. The molecule has 27 heavy (non-hydrogen) atoms. The predicted molar refractivity (Wildman–Crippen MR) is 95.8 cm³/mol. The number of carbonyl (C=O) groups excluding carboxylic acids is 2. The fourth-order valence-corrected chi connectivity index (χ4v) is 2.00. The summed E-state index contributed by atoms with van der Waals surface area (Å²) < 4.78 is 10.4. The molecule has 0 saturated carbocycles. The van der Waals surface area contributed by atoms with Gasteiger partial charge in [0.1, 0.15) is 0 Å². The lowest BCUT2D eigenvalue weighted by Gasteiger charge is -2.09. The summed E-state index contributed by atoms with van der Waals surface area (Å²) >= 11 is 0. The van der Waals surface area contributed by atoms with E-state index in [9.17, 15) is 19.7 Å². The minimum atomic E-state index is -0.614. The lowest BCUT2D eigenvalue weighted by molar-refractivity contribution is -0.384. The Morgan fingerprint density at radius 2 is 1.93 bits per heavy atom. The number of methoxy groups -OCH3 is 1. The monoisotopic (exact) mass is 372 g/mol. The van der Waals surface area contributed by atoms with Gasteiger partial charge in [-0.2, -0.15) is 5.10 Å². The van der Waals surface area contributed by atoms with Crippen molar-refractivity contribution in [1.82, 2.24) is 5.43 Å². The lowest BCUT2D eigenvalue weighted by Crippen LogP contribution is -2.20. The second-order valence-corrected chi connectivity index (χ2v) is 5.17. The molecule has 0 aliphatic heterocycles. The van der Waals surface area contributed by atoms with Crippen LogP contribution in [0.5, 0.6) is 11.5 Å². The summed E-state index contributed by atoms with van der Waals surface area (Å²) in [6.07, 6.45) is 1.38. The van der Waals surface area contributed by atoms with Crippen molar-refractivity contribution in [2.75, 3.05) is 13.7 Å². The van der Waals surface area contributed by atoms with Crippen molar-refractivity contribution in [3.63, 3.8) is 0 Å². The normalized spacial score (nSPS) is 10.4. The zero-order valence-electron chi connectivity index (χ0n) is 14.2. The molecular weight excluding hydrogens is 356 g/mol. The number of carbonyl (C=O) groups is 2. The van der Waals surface area contributed by atoms with Crippen LogP contribution >= 0.6 is 0 Å². The number of nitrogens with two attached hydrogens (primary N) is 1. The third kappa shape index (κ3) is 5.53. The molecule has 2 aromatic carbocycles. The summed E-state index contributed by atoms with van der Waals surface area (Å²) in [6, 6.07) is 9.93. The number of nitrogens with zero attached hydrogens (tertiary/aromatic N) is 2. The van der Waals surface area contributed by atoms with Crippen molar-refractivity contribution in [3.8, 4) is 11.5 Å². The summed E-state index contributed by atoms with van der Waals surface area (Å²) in [5.74, 6) is -0.434. The summed E-state index contributed by atoms with van der Waals surface area (Å²) in [5.41, 5.74) is 8.06. The number of benzene rings is 2. The van der Waals surface area contributed by atoms with Crippen LogP contribution in [-0.2, 0) is 4.79 Å². The first-order chi connectivity index (χ1) is 12.9. The van der Waals surface area contributed by atoms with Gasteiger partial charge in [0.2, 0.25) is 0 Å². The number of amides is 2. The second-order valence-electron chi connectivity index (χ2n) is 5.17. The maximum Gasteiger partial charge on any atom is 0.271 e. The van der Waals surface area contributed by atoms with E-state index < -0.39 is 16.7 Å². The van der Waals surface area contributed by atoms with Crippen molar-refractivity contribution >= 4 is 23.7 Å². The lowest BCUT2D eigenvalue weighted by atomic mass is 10.2. The van der Waals surface area contributed by atoms with E-state index in [0.717, 1.165) is 0 Å². The first kappa shape index (κ1) is 19.4. The molecule has 0 bridgehead atoms. The fraction of sp³-hybridized carbons (Fsp3) is 0.118. The number of nitro groups is 1. The maximum atomic E-state index is 12.0. The molecule has 10 nitrogen and oxygen atoms in total. The Bertz CT molecular complexity index is 879. The van der Waals surface area contributed by atoms with Crippen LogP contribution in [0.2, 0.25) is 0 Å². The number of ether oxygens (including phenoxy) is 2. The molecule has 0 unspecified atom stereocenters. The van der Waals surface area contributed by atoms with Crippen molar-refractivity contribution in [2.24, 2.45) is 10.8 Å². The standard InChI is InChI=1S/C17H16N4O6/c1-26-15-8-11(2-7-14(15)27-10-16(18)22)9-19-20-17(23)12-3-5-13(6-4-12)21(24)25/h2-9H,10H2,1H3,(H2,18,22)(H,20,23)/b19-9+. The van der Waals surface area contributed by atoms with E-state index in [0.29, 0.717) is 17.1 Å². The molecule has 0 aliphatic rings. The average molecular weight is 372 g/mol. The molecule has 10 heteroatoms. The van der Waals surface area contributed by atoms with Crippen molar-refractivity contribution in [2.45, 2.75) is 0 Å². The van der Waals surface area contributed by atoms with Gasteiger partial charge in [0, 0.05) is 17.7 Å². The molecule has 0 aliphatic carbocycles. The van der Waals surface area contributed by atoms with E-state index in [1.165, 1.54) is 37.6 Å². The molecule has 0 spiro atoms. The van der Waals surface area contributed by atoms with Gasteiger partial charge in [-0.25, -0.2) is 5.43 Å². The Balaban J connectivity index is 2.01. The highest BCUT2D eigenvalue weighted by atomic mass is 16.6. The number of non-ortho nitro benzene ring substituents is 1. The van der Waals surface area contributed by atoms with Crippen LogP contribution in [0.25, 0.3) is 0 Å². The molecule has 0 radical (unpaired) electrons. The van der Waals surface area contributed by atoms with Crippen molar-refractivity contribution < 1.29 is 24.0 Å². The Hall–Kier alpha value is -3.95. The SMILES string of the molecule is COc1cc(/C=N/NC(=O)c2ccc([N+](=O)[O-])cc2)ccc1OCC(N)=O. The first-order valence-electron chi connectivity index (χ1n) is 7.57. The molecule has 0 atom stereocenters. The van der Waals surface area contributed by atoms with E-state index in [2.05, 4.69) is 10.5 Å². The minimum Gasteiger partial charge on any atom is -0.493 e. The summed E-state index contributed by atoms with van der Waals surface area (Å²) in [5, 5.41) is 14.4. The van der Waals surface area contributed by atoms with Gasteiger partial charge in [0.05, 0.1) is 18.2 Å². The minimum absolute atomic E-state index is 0.110. The van der Waals surface area contributed by atoms with Crippen molar-refractivity contribution in [1.29, 1.82) is 0 Å². The number of hydrogen-bond acceptors (Lipinski definition) is 7. The Morgan fingerprint density at radius 3 is 2.52 bits per heavy atom. The number of nitrogens with one attached hydrogen (secondary N) is 1. The number of hydrogen-bond donors (Lipinski definition) is 2. The first-order valence-corrected chi connectivity index (χ1v) is 7.57. The quantitative estimate of drug-likeness (QED) is 0.405. The highest BCUT2D eigenvalue weighted by Gasteiger charge is 2.09. The molecule has 3 N–H and O–H groups in total. The summed E-state index contributed by atoms with van der Waals surface area (Å²) in [7, 11) is 1.43. The van der Waals surface area contributed by atoms with Crippen LogP contribution in [0.4, 0.5) is 5.69 Å². The van der Waals surface area contributed by atoms with Crippen LogP contribution < -0.4 is 20.6 Å². The fourth-order valence-electron chi connectivity index (χ4n) is 2.00. The van der Waals surface area contributed by atoms with Crippen LogP contribution in [0.1, 0.15) is 15.9 Å². The van der Waals surface area contributed by atoms with Gasteiger partial charge in [-0.3, -0.25) is 19.7 Å². The molecule has 0 heterocycles. The molecular formula is C17H16N4O6. The van der Waals surface area contributed by atoms with Gasteiger partial charge in [-0.15, -0.1) is 0 Å². The van der Waals surface area contributed by atoms with Gasteiger partial charge in [-0.1, -0.05) is 0 Å². The third-order valence-corrected chi connectivity index (χ3v) is 3.28. The molecule has 2 amide bonds. The number of rotatable bonds is 8. The number of hydrazone groups is 1. The highest BCUT2D eigenvalue weighted by Crippen LogP contribution is 2.27. The Labute approximate surface area is 153 Å². The van der Waals surface area contributed by atoms with Crippen LogP contribution in [-0.4, -0.2) is 36.7 Å². The van der Waals surface area contributed by atoms with Gasteiger partial charge >= 0.3 is 0 Å². The van der Waals surface area contributed by atoms with E-state index in [1.807, 2.05) is 0 Å². The van der Waals surface area contributed by atoms with Crippen LogP contribution in [0.3, 0.4) is 0 Å². The average Bonchev–Trinajstić information content (AvgIpc) is 2.66. The van der Waals surface area contributed by atoms with E-state index in [-0.39, 0.29) is 17.9 Å². The second kappa shape index (κ2) is 8.94. The maximum absolute atomic E-state index is 12.0. The topological polar surface area (TPSA) is 146 Å². The Morgan fingerprint density at radius 1 is 1.22 bits per heavy atom. The van der Waals surface area contributed by atoms with E-state index in [4.69, 9.17) is 15.2 Å². The molecule has 0 aromatic heterocycles. The van der Waals surface area contributed by atoms with Crippen LogP contribution in [0.15, 0.2) is 47.6 Å². The highest BCUT2D eigenvalue weighted by molar-refractivity contribution is 5.95. The predicted octanol–water partition coefficient (Wildman–Crippen LogP) is 1.23. The van der Waals surface area contributed by atoms with Gasteiger partial charge in [-0.05, 0) is 35.9 Å². The number of primary amides is 1. The van der Waals surface area contributed by atoms with Gasteiger partial charge < -0.3 is 15.2 Å². The smallest absolute Gasteiger partial charge is 0.271 e. The van der Waals surface area contributed by atoms with Crippen molar-refractivity contribution in [3.05, 3.63) is 63.7 Å². The molecule has 140 valence electrons. The molecule has 2 rings (SSSR count). The largest absolute Gasteiger partial charge is 0.493 e. The summed E-state index contributed by atoms with van der Waals surface area (Å²) in [6.45, 7) is -0.283. The van der Waals surface area contributed by atoms with Gasteiger partial charge in [0.15, 0.2) is 18.1 Å². The van der Waals surface area contributed by atoms with E-state index >= 15 is 0 Å². The molecule has 0 saturated heterocycles. The zero-order valence-corrected chi connectivity index (χ0v) is 14.2.